The maximum absolute atomic E-state index is 13.0. The molecule has 2 N–H and O–H groups in total. The summed E-state index contributed by atoms with van der Waals surface area (Å²) in [5.74, 6) is 0.214. The van der Waals surface area contributed by atoms with Gasteiger partial charge in [-0.1, -0.05) is 43.3 Å². The van der Waals surface area contributed by atoms with E-state index >= 15 is 0 Å². The Hall–Kier alpha value is -2.37. The summed E-state index contributed by atoms with van der Waals surface area (Å²) in [6.07, 6.45) is 1.84. The number of rotatable bonds is 4. The van der Waals surface area contributed by atoms with Crippen LogP contribution in [0.1, 0.15) is 41.6 Å². The molecule has 0 radical (unpaired) electrons. The Labute approximate surface area is 174 Å². The van der Waals surface area contributed by atoms with Crippen molar-refractivity contribution < 1.29 is 4.79 Å². The van der Waals surface area contributed by atoms with Crippen molar-refractivity contribution >= 4 is 11.6 Å². The summed E-state index contributed by atoms with van der Waals surface area (Å²) in [7, 11) is 0. The molecule has 2 heterocycles. The Bertz CT molecular complexity index is 856. The molecule has 5 heteroatoms. The predicted molar refractivity (Wildman–Crippen MR) is 118 cm³/mol. The average molecular weight is 393 g/mol. The monoisotopic (exact) mass is 392 g/mol. The lowest BCUT2D eigenvalue weighted by atomic mass is 9.99. The second kappa shape index (κ2) is 8.56. The first-order chi connectivity index (χ1) is 14.1. The molecule has 5 nitrogen and oxygen atoms in total. The molecule has 4 rings (SSSR count). The van der Waals surface area contributed by atoms with E-state index in [0.29, 0.717) is 0 Å². The van der Waals surface area contributed by atoms with E-state index in [-0.39, 0.29) is 18.0 Å². The minimum absolute atomic E-state index is 0.155. The van der Waals surface area contributed by atoms with Crippen molar-refractivity contribution in [2.75, 3.05) is 31.1 Å². The number of amides is 1. The third-order valence-corrected chi connectivity index (χ3v) is 6.50. The topological polar surface area (TPSA) is 47.6 Å². The molecule has 2 aliphatic heterocycles. The van der Waals surface area contributed by atoms with Crippen molar-refractivity contribution in [1.29, 1.82) is 0 Å². The summed E-state index contributed by atoms with van der Waals surface area (Å²) in [4.78, 5) is 17.5. The smallest absolute Gasteiger partial charge is 0.241 e. The number of carbonyl (C=O) groups is 1. The average Bonchev–Trinajstić information content (AvgIpc) is 3.26. The zero-order chi connectivity index (χ0) is 20.4. The van der Waals surface area contributed by atoms with Crippen LogP contribution in [0.25, 0.3) is 0 Å². The fourth-order valence-corrected chi connectivity index (χ4v) is 4.39. The summed E-state index contributed by atoms with van der Waals surface area (Å²) in [6, 6.07) is 15.2. The van der Waals surface area contributed by atoms with Gasteiger partial charge in [0.25, 0.3) is 0 Å². The Morgan fingerprint density at radius 3 is 2.41 bits per heavy atom. The van der Waals surface area contributed by atoms with Gasteiger partial charge in [-0.15, -0.1) is 0 Å². The van der Waals surface area contributed by atoms with E-state index in [9.17, 15) is 4.79 Å². The van der Waals surface area contributed by atoms with E-state index < -0.39 is 0 Å². The van der Waals surface area contributed by atoms with Crippen molar-refractivity contribution in [2.45, 2.75) is 45.7 Å². The molecule has 0 bridgehead atoms. The quantitative estimate of drug-likeness (QED) is 0.839. The van der Waals surface area contributed by atoms with Crippen LogP contribution in [0.4, 0.5) is 5.69 Å². The Balaban J connectivity index is 1.33. The van der Waals surface area contributed by atoms with Gasteiger partial charge in [-0.3, -0.25) is 4.79 Å². The van der Waals surface area contributed by atoms with E-state index in [1.165, 1.54) is 27.9 Å². The minimum Gasteiger partial charge on any atom is -0.368 e. The van der Waals surface area contributed by atoms with E-state index in [1.54, 1.807) is 0 Å². The van der Waals surface area contributed by atoms with Crippen molar-refractivity contribution in [3.8, 4) is 0 Å². The van der Waals surface area contributed by atoms with Crippen LogP contribution in [0, 0.1) is 13.8 Å². The number of hydrogen-bond donors (Lipinski definition) is 2. The molecule has 2 saturated heterocycles. The van der Waals surface area contributed by atoms with Crippen LogP contribution >= 0.6 is 0 Å². The summed E-state index contributed by atoms with van der Waals surface area (Å²) < 4.78 is 0. The summed E-state index contributed by atoms with van der Waals surface area (Å²) in [5.41, 5.74) is 13.1. The lowest BCUT2D eigenvalue weighted by molar-refractivity contribution is -0.133. The molecule has 0 aromatic heterocycles. The zero-order valence-corrected chi connectivity index (χ0v) is 17.7. The number of hydrazine groups is 1. The highest BCUT2D eigenvalue weighted by Crippen LogP contribution is 2.26. The first-order valence-corrected chi connectivity index (χ1v) is 10.8. The van der Waals surface area contributed by atoms with Gasteiger partial charge >= 0.3 is 0 Å². The van der Waals surface area contributed by atoms with Gasteiger partial charge in [0.05, 0.1) is 0 Å². The van der Waals surface area contributed by atoms with Gasteiger partial charge in [-0.2, -0.15) is 0 Å². The van der Waals surface area contributed by atoms with Gasteiger partial charge in [0.2, 0.25) is 5.91 Å². The van der Waals surface area contributed by atoms with E-state index in [2.05, 4.69) is 79.0 Å². The summed E-state index contributed by atoms with van der Waals surface area (Å²) in [6.45, 7) is 9.84. The van der Waals surface area contributed by atoms with Gasteiger partial charge in [0.15, 0.2) is 0 Å². The van der Waals surface area contributed by atoms with E-state index in [0.717, 1.165) is 39.0 Å². The minimum atomic E-state index is -0.155. The Morgan fingerprint density at radius 2 is 1.72 bits per heavy atom. The fourth-order valence-electron chi connectivity index (χ4n) is 4.39. The maximum atomic E-state index is 13.0. The highest BCUT2D eigenvalue weighted by molar-refractivity contribution is 5.82. The number of benzene rings is 2. The number of aryl methyl sites for hydroxylation is 2. The highest BCUT2D eigenvalue weighted by atomic mass is 16.2. The Morgan fingerprint density at radius 1 is 1.00 bits per heavy atom. The molecular formula is C24H32N4O. The number of anilines is 1. The van der Waals surface area contributed by atoms with Crippen LogP contribution in [-0.4, -0.2) is 43.0 Å². The third-order valence-electron chi connectivity index (χ3n) is 6.50. The van der Waals surface area contributed by atoms with Crippen LogP contribution < -0.4 is 15.8 Å². The first-order valence-electron chi connectivity index (χ1n) is 10.8. The molecule has 29 heavy (non-hydrogen) atoms. The highest BCUT2D eigenvalue weighted by Gasteiger charge is 2.34. The van der Waals surface area contributed by atoms with Crippen molar-refractivity contribution in [1.82, 2.24) is 15.8 Å². The second-order valence-electron chi connectivity index (χ2n) is 8.26. The lowest BCUT2D eigenvalue weighted by Gasteiger charge is -2.38. The normalized spacial score (nSPS) is 22.2. The predicted octanol–water partition coefficient (Wildman–Crippen LogP) is 3.12. The number of nitrogens with zero attached hydrogens (tertiary/aromatic N) is 2. The fraction of sp³-hybridized carbons (Fsp3) is 0.458. The van der Waals surface area contributed by atoms with Crippen LogP contribution in [0.5, 0.6) is 0 Å². The van der Waals surface area contributed by atoms with E-state index in [4.69, 9.17) is 0 Å². The number of piperazine rings is 1. The largest absolute Gasteiger partial charge is 0.368 e. The zero-order valence-electron chi connectivity index (χ0n) is 17.7. The lowest BCUT2D eigenvalue weighted by Crippen LogP contribution is -2.53. The summed E-state index contributed by atoms with van der Waals surface area (Å²) in [5, 5.41) is 0. The van der Waals surface area contributed by atoms with Gasteiger partial charge < -0.3 is 9.80 Å². The van der Waals surface area contributed by atoms with Crippen LogP contribution in [-0.2, 0) is 11.2 Å². The molecular weight excluding hydrogens is 360 g/mol. The second-order valence-corrected chi connectivity index (χ2v) is 8.26. The maximum Gasteiger partial charge on any atom is 0.241 e. The summed E-state index contributed by atoms with van der Waals surface area (Å²) >= 11 is 0. The van der Waals surface area contributed by atoms with Gasteiger partial charge in [0, 0.05) is 37.9 Å². The van der Waals surface area contributed by atoms with Gasteiger partial charge in [0.1, 0.15) is 6.04 Å². The molecule has 2 atom stereocenters. The van der Waals surface area contributed by atoms with Gasteiger partial charge in [-0.05, 0) is 55.0 Å². The molecule has 0 saturated carbocycles. The number of hydrogen-bond acceptors (Lipinski definition) is 4. The molecule has 1 amide bonds. The molecule has 0 spiro atoms. The standard InChI is InChI=1S/C24H32N4O/c1-4-19-8-10-20(11-9-19)21-16-22(26-25-21)24(29)28-14-12-27(13-15-28)23-7-5-6-17(2)18(23)3/h5-11,21-22,25-26H,4,12-16H2,1-3H3. The molecule has 2 aromatic rings. The van der Waals surface area contributed by atoms with Crippen LogP contribution in [0.2, 0.25) is 0 Å². The SMILES string of the molecule is CCc1ccc(C2CC(C(=O)N3CCN(c4cccc(C)c4C)CC3)NN2)cc1. The number of nitrogens with one attached hydrogen (secondary N) is 2. The molecule has 2 fully saturated rings. The molecule has 2 unspecified atom stereocenters. The van der Waals surface area contributed by atoms with Crippen LogP contribution in [0.3, 0.4) is 0 Å². The van der Waals surface area contributed by atoms with Crippen molar-refractivity contribution in [2.24, 2.45) is 0 Å². The molecule has 2 aliphatic rings. The first kappa shape index (κ1) is 19.9. The van der Waals surface area contributed by atoms with Crippen molar-refractivity contribution in [3.05, 3.63) is 64.7 Å². The van der Waals surface area contributed by atoms with Crippen LogP contribution in [0.15, 0.2) is 42.5 Å². The third kappa shape index (κ3) is 4.16. The molecule has 154 valence electrons. The van der Waals surface area contributed by atoms with Crippen molar-refractivity contribution in [3.63, 3.8) is 0 Å². The van der Waals surface area contributed by atoms with E-state index in [1.807, 2.05) is 4.90 Å². The number of carbonyl (C=O) groups excluding carboxylic acids is 1. The molecule has 2 aromatic carbocycles. The molecule has 0 aliphatic carbocycles. The van der Waals surface area contributed by atoms with Gasteiger partial charge in [-0.25, -0.2) is 10.9 Å². The Kier molecular flexibility index (Phi) is 5.88.